The summed E-state index contributed by atoms with van der Waals surface area (Å²) in [4.78, 5) is 2.21. The summed E-state index contributed by atoms with van der Waals surface area (Å²) in [5, 5.41) is 3.42. The third kappa shape index (κ3) is 3.61. The molecule has 0 aliphatic carbocycles. The molecule has 0 saturated heterocycles. The van der Waals surface area contributed by atoms with Crippen LogP contribution in [0.15, 0.2) is 47.3 Å². The summed E-state index contributed by atoms with van der Waals surface area (Å²) >= 11 is 0. The first-order valence-electron chi connectivity index (χ1n) is 6.76. The first-order chi connectivity index (χ1) is 9.20. The Morgan fingerprint density at radius 1 is 1.21 bits per heavy atom. The van der Waals surface area contributed by atoms with Crippen LogP contribution in [0, 0.1) is 0 Å². The summed E-state index contributed by atoms with van der Waals surface area (Å²) in [6, 6.07) is 11.1. The lowest BCUT2D eigenvalue weighted by Crippen LogP contribution is -2.18. The molecule has 1 heterocycles. The number of hydrogen-bond donors (Lipinski definition) is 1. The molecule has 2 aromatic rings. The Labute approximate surface area is 115 Å². The van der Waals surface area contributed by atoms with Gasteiger partial charge in [-0.2, -0.15) is 0 Å². The van der Waals surface area contributed by atoms with E-state index in [9.17, 15) is 0 Å². The van der Waals surface area contributed by atoms with Gasteiger partial charge in [-0.15, -0.1) is 0 Å². The van der Waals surface area contributed by atoms with Gasteiger partial charge in [0, 0.05) is 30.9 Å². The Morgan fingerprint density at radius 3 is 2.53 bits per heavy atom. The maximum atomic E-state index is 5.09. The first kappa shape index (κ1) is 13.7. The van der Waals surface area contributed by atoms with Crippen molar-refractivity contribution >= 4 is 5.69 Å². The molecule has 102 valence electrons. The minimum atomic E-state index is 0.401. The lowest BCUT2D eigenvalue weighted by molar-refractivity contribution is 0.563. The summed E-state index contributed by atoms with van der Waals surface area (Å²) < 4.78 is 5.09. The van der Waals surface area contributed by atoms with Crippen LogP contribution >= 0.6 is 0 Å². The summed E-state index contributed by atoms with van der Waals surface area (Å²) in [5.74, 6) is 0. The minimum absolute atomic E-state index is 0.401. The van der Waals surface area contributed by atoms with E-state index in [1.807, 2.05) is 6.07 Å². The van der Waals surface area contributed by atoms with E-state index in [1.54, 1.807) is 12.5 Å². The topological polar surface area (TPSA) is 28.4 Å². The van der Waals surface area contributed by atoms with Crippen molar-refractivity contribution in [3.8, 4) is 0 Å². The van der Waals surface area contributed by atoms with Crippen LogP contribution in [0.25, 0.3) is 0 Å². The Morgan fingerprint density at radius 2 is 1.95 bits per heavy atom. The number of nitrogens with zero attached hydrogens (tertiary/aromatic N) is 1. The third-order valence-electron chi connectivity index (χ3n) is 3.34. The summed E-state index contributed by atoms with van der Waals surface area (Å²) in [7, 11) is 2.09. The molecule has 2 rings (SSSR count). The minimum Gasteiger partial charge on any atom is -0.472 e. The molecule has 1 N–H and O–H groups in total. The van der Waals surface area contributed by atoms with Gasteiger partial charge in [-0.1, -0.05) is 19.1 Å². The van der Waals surface area contributed by atoms with E-state index in [0.717, 1.165) is 13.1 Å². The Hall–Kier alpha value is -1.74. The molecule has 1 atom stereocenters. The highest BCUT2D eigenvalue weighted by Crippen LogP contribution is 2.19. The molecule has 1 aromatic carbocycles. The lowest BCUT2D eigenvalue weighted by Gasteiger charge is -2.20. The van der Waals surface area contributed by atoms with Crippen molar-refractivity contribution in [2.75, 3.05) is 18.5 Å². The highest BCUT2D eigenvalue weighted by atomic mass is 16.3. The van der Waals surface area contributed by atoms with Gasteiger partial charge in [0.15, 0.2) is 0 Å². The highest BCUT2D eigenvalue weighted by molar-refractivity contribution is 5.47. The molecular weight excluding hydrogens is 236 g/mol. The van der Waals surface area contributed by atoms with Gasteiger partial charge in [0.05, 0.1) is 12.5 Å². The van der Waals surface area contributed by atoms with Crippen molar-refractivity contribution in [1.29, 1.82) is 0 Å². The van der Waals surface area contributed by atoms with Crippen LogP contribution in [0.3, 0.4) is 0 Å². The second kappa shape index (κ2) is 6.43. The standard InChI is InChI=1S/C16H22N2O/c1-4-17-13(2)15-5-7-16(8-6-15)18(3)11-14-9-10-19-12-14/h5-10,12-13,17H,4,11H2,1-3H3. The molecule has 0 saturated carbocycles. The first-order valence-corrected chi connectivity index (χ1v) is 6.76. The predicted octanol–water partition coefficient (Wildman–Crippen LogP) is 3.59. The van der Waals surface area contributed by atoms with Crippen molar-refractivity contribution in [2.24, 2.45) is 0 Å². The Kier molecular flexibility index (Phi) is 4.63. The largest absolute Gasteiger partial charge is 0.472 e. The zero-order valence-corrected chi connectivity index (χ0v) is 11.9. The van der Waals surface area contributed by atoms with Gasteiger partial charge in [-0.3, -0.25) is 0 Å². The van der Waals surface area contributed by atoms with Gasteiger partial charge in [0.1, 0.15) is 0 Å². The SMILES string of the molecule is CCNC(C)c1ccc(N(C)Cc2ccoc2)cc1. The van der Waals surface area contributed by atoms with Crippen LogP contribution < -0.4 is 10.2 Å². The average molecular weight is 258 g/mol. The zero-order chi connectivity index (χ0) is 13.7. The molecule has 0 aliphatic rings. The summed E-state index contributed by atoms with van der Waals surface area (Å²) in [6.07, 6.45) is 3.50. The zero-order valence-electron chi connectivity index (χ0n) is 11.9. The highest BCUT2D eigenvalue weighted by Gasteiger charge is 2.06. The van der Waals surface area contributed by atoms with Gasteiger partial charge in [0.2, 0.25) is 0 Å². The Balaban J connectivity index is 2.01. The molecule has 0 spiro atoms. The van der Waals surface area contributed by atoms with Crippen molar-refractivity contribution in [2.45, 2.75) is 26.4 Å². The molecular formula is C16H22N2O. The van der Waals surface area contributed by atoms with E-state index >= 15 is 0 Å². The van der Waals surface area contributed by atoms with Gasteiger partial charge < -0.3 is 14.6 Å². The van der Waals surface area contributed by atoms with E-state index in [4.69, 9.17) is 4.42 Å². The second-order valence-corrected chi connectivity index (χ2v) is 4.86. The number of anilines is 1. The fourth-order valence-electron chi connectivity index (χ4n) is 2.19. The third-order valence-corrected chi connectivity index (χ3v) is 3.34. The van der Waals surface area contributed by atoms with E-state index < -0.39 is 0 Å². The molecule has 0 fully saturated rings. The van der Waals surface area contributed by atoms with Crippen LogP contribution in [-0.2, 0) is 6.54 Å². The Bertz CT molecular complexity index is 476. The fourth-order valence-corrected chi connectivity index (χ4v) is 2.19. The summed E-state index contributed by atoms with van der Waals surface area (Å²) in [5.41, 5.74) is 3.73. The van der Waals surface area contributed by atoms with E-state index in [0.29, 0.717) is 6.04 Å². The maximum absolute atomic E-state index is 5.09. The van der Waals surface area contributed by atoms with Crippen LogP contribution in [0.5, 0.6) is 0 Å². The number of hydrogen-bond acceptors (Lipinski definition) is 3. The van der Waals surface area contributed by atoms with Gasteiger partial charge >= 0.3 is 0 Å². The van der Waals surface area contributed by atoms with E-state index in [1.165, 1.54) is 16.8 Å². The van der Waals surface area contributed by atoms with E-state index in [-0.39, 0.29) is 0 Å². The monoisotopic (exact) mass is 258 g/mol. The molecule has 0 aliphatic heterocycles. The molecule has 19 heavy (non-hydrogen) atoms. The molecule has 0 radical (unpaired) electrons. The number of benzene rings is 1. The van der Waals surface area contributed by atoms with Crippen LogP contribution in [-0.4, -0.2) is 13.6 Å². The second-order valence-electron chi connectivity index (χ2n) is 4.86. The van der Waals surface area contributed by atoms with Crippen LogP contribution in [0.4, 0.5) is 5.69 Å². The van der Waals surface area contributed by atoms with Gasteiger partial charge in [0.25, 0.3) is 0 Å². The maximum Gasteiger partial charge on any atom is 0.0952 e. The van der Waals surface area contributed by atoms with Crippen LogP contribution in [0.1, 0.15) is 31.0 Å². The fraction of sp³-hybridized carbons (Fsp3) is 0.375. The molecule has 0 bridgehead atoms. The molecule has 3 nitrogen and oxygen atoms in total. The number of furan rings is 1. The molecule has 1 aromatic heterocycles. The van der Waals surface area contributed by atoms with Gasteiger partial charge in [-0.05, 0) is 37.2 Å². The average Bonchev–Trinajstić information content (AvgIpc) is 2.92. The lowest BCUT2D eigenvalue weighted by atomic mass is 10.1. The van der Waals surface area contributed by atoms with Crippen molar-refractivity contribution in [3.63, 3.8) is 0 Å². The van der Waals surface area contributed by atoms with E-state index in [2.05, 4.69) is 55.4 Å². The predicted molar refractivity (Wildman–Crippen MR) is 79.3 cm³/mol. The van der Waals surface area contributed by atoms with Gasteiger partial charge in [-0.25, -0.2) is 0 Å². The van der Waals surface area contributed by atoms with Crippen molar-refractivity contribution < 1.29 is 4.42 Å². The normalized spacial score (nSPS) is 12.4. The van der Waals surface area contributed by atoms with Crippen LogP contribution in [0.2, 0.25) is 0 Å². The molecule has 3 heteroatoms. The smallest absolute Gasteiger partial charge is 0.0952 e. The number of rotatable bonds is 6. The van der Waals surface area contributed by atoms with Crippen molar-refractivity contribution in [1.82, 2.24) is 5.32 Å². The molecule has 0 amide bonds. The summed E-state index contributed by atoms with van der Waals surface area (Å²) in [6.45, 7) is 6.17. The quantitative estimate of drug-likeness (QED) is 0.858. The molecule has 1 unspecified atom stereocenters. The van der Waals surface area contributed by atoms with Crippen molar-refractivity contribution in [3.05, 3.63) is 54.0 Å². The number of nitrogens with one attached hydrogen (secondary N) is 1.